The number of esters is 1. The fourth-order valence-electron chi connectivity index (χ4n) is 1.37. The lowest BCUT2D eigenvalue weighted by Gasteiger charge is -2.17. The Hall–Kier alpha value is -0.870. The summed E-state index contributed by atoms with van der Waals surface area (Å²) in [6.07, 6.45) is 2.37. The Bertz CT molecular complexity index is 224. The van der Waals surface area contributed by atoms with Crippen LogP contribution in [0.25, 0.3) is 0 Å². The molecule has 14 heavy (non-hydrogen) atoms. The van der Waals surface area contributed by atoms with Gasteiger partial charge in [-0.15, -0.1) is 0 Å². The Balaban J connectivity index is 2.60. The van der Waals surface area contributed by atoms with Gasteiger partial charge in [-0.25, -0.2) is 0 Å². The number of rotatable bonds is 0. The molecule has 1 heterocycles. The van der Waals surface area contributed by atoms with Crippen molar-refractivity contribution < 1.29 is 19.7 Å². The Kier molecular flexibility index (Phi) is 4.10. The molecule has 0 fully saturated rings. The maximum absolute atomic E-state index is 11.1. The van der Waals surface area contributed by atoms with E-state index in [2.05, 4.69) is 0 Å². The molecule has 0 bridgehead atoms. The summed E-state index contributed by atoms with van der Waals surface area (Å²) in [4.78, 5) is 11.1. The van der Waals surface area contributed by atoms with Crippen LogP contribution in [0, 0.1) is 0 Å². The van der Waals surface area contributed by atoms with Crippen molar-refractivity contribution in [2.24, 2.45) is 0 Å². The summed E-state index contributed by atoms with van der Waals surface area (Å²) in [5, 5.41) is 18.7. The van der Waals surface area contributed by atoms with E-state index < -0.39 is 12.2 Å². The monoisotopic (exact) mass is 200 g/mol. The molecular formula is C10H16O4. The highest BCUT2D eigenvalue weighted by molar-refractivity contribution is 5.69. The largest absolute Gasteiger partial charge is 0.463 e. The van der Waals surface area contributed by atoms with Gasteiger partial charge in [-0.3, -0.25) is 4.79 Å². The van der Waals surface area contributed by atoms with Gasteiger partial charge in [-0.1, -0.05) is 12.2 Å². The van der Waals surface area contributed by atoms with Crippen molar-refractivity contribution in [1.29, 1.82) is 0 Å². The van der Waals surface area contributed by atoms with E-state index in [-0.39, 0.29) is 18.5 Å². The maximum Gasteiger partial charge on any atom is 0.306 e. The molecule has 0 saturated heterocycles. The van der Waals surface area contributed by atoms with Crippen LogP contribution in [0.4, 0.5) is 0 Å². The predicted molar refractivity (Wildman–Crippen MR) is 50.6 cm³/mol. The molecule has 1 aliphatic heterocycles. The molecule has 4 heteroatoms. The van der Waals surface area contributed by atoms with Crippen molar-refractivity contribution in [3.8, 4) is 0 Å². The van der Waals surface area contributed by atoms with E-state index >= 15 is 0 Å². The second-order valence-electron chi connectivity index (χ2n) is 3.59. The minimum atomic E-state index is -0.675. The van der Waals surface area contributed by atoms with E-state index in [4.69, 9.17) is 4.74 Å². The lowest BCUT2D eigenvalue weighted by molar-refractivity contribution is -0.149. The molecule has 1 aliphatic rings. The van der Waals surface area contributed by atoms with Crippen molar-refractivity contribution in [2.45, 2.75) is 44.5 Å². The van der Waals surface area contributed by atoms with Gasteiger partial charge in [0.2, 0.25) is 0 Å². The minimum Gasteiger partial charge on any atom is -0.463 e. The molecular weight excluding hydrogens is 184 g/mol. The Labute approximate surface area is 83.2 Å². The zero-order valence-corrected chi connectivity index (χ0v) is 8.22. The van der Waals surface area contributed by atoms with Crippen LogP contribution in [-0.4, -0.2) is 34.5 Å². The van der Waals surface area contributed by atoms with Gasteiger partial charge in [0.15, 0.2) is 0 Å². The van der Waals surface area contributed by atoms with Crippen LogP contribution < -0.4 is 0 Å². The van der Waals surface area contributed by atoms with Gasteiger partial charge in [0.25, 0.3) is 0 Å². The first kappa shape index (κ1) is 11.2. The number of aliphatic hydroxyl groups is 2. The summed E-state index contributed by atoms with van der Waals surface area (Å²) in [5.41, 5.74) is 0. The van der Waals surface area contributed by atoms with Crippen molar-refractivity contribution in [3.05, 3.63) is 12.2 Å². The van der Waals surface area contributed by atoms with Gasteiger partial charge >= 0.3 is 5.97 Å². The topological polar surface area (TPSA) is 66.8 Å². The molecule has 0 aliphatic carbocycles. The Morgan fingerprint density at radius 2 is 2.00 bits per heavy atom. The summed E-state index contributed by atoms with van der Waals surface area (Å²) in [6, 6.07) is 0. The summed E-state index contributed by atoms with van der Waals surface area (Å²) in [7, 11) is 0. The number of cyclic esters (lactones) is 1. The Morgan fingerprint density at radius 3 is 2.71 bits per heavy atom. The third-order valence-electron chi connectivity index (χ3n) is 2.11. The molecule has 4 nitrogen and oxygen atoms in total. The van der Waals surface area contributed by atoms with E-state index in [9.17, 15) is 15.0 Å². The third kappa shape index (κ3) is 3.89. The highest BCUT2D eigenvalue weighted by Crippen LogP contribution is 2.10. The average Bonchev–Trinajstić information content (AvgIpc) is 2.10. The lowest BCUT2D eigenvalue weighted by Crippen LogP contribution is -2.22. The van der Waals surface area contributed by atoms with Crippen molar-refractivity contribution in [2.75, 3.05) is 0 Å². The fourth-order valence-corrected chi connectivity index (χ4v) is 1.37. The molecule has 0 amide bonds. The summed E-state index contributed by atoms with van der Waals surface area (Å²) in [5.74, 6) is -0.320. The molecule has 3 atom stereocenters. The first-order valence-electron chi connectivity index (χ1n) is 4.82. The summed E-state index contributed by atoms with van der Waals surface area (Å²) < 4.78 is 5.00. The van der Waals surface area contributed by atoms with Gasteiger partial charge < -0.3 is 14.9 Å². The van der Waals surface area contributed by atoms with Crippen LogP contribution >= 0.6 is 0 Å². The van der Waals surface area contributed by atoms with Gasteiger partial charge in [-0.2, -0.15) is 0 Å². The SMILES string of the molecule is CC1CC(O)C=CC(O)CCC(=O)O1. The van der Waals surface area contributed by atoms with Crippen LogP contribution in [0.2, 0.25) is 0 Å². The quantitative estimate of drug-likeness (QED) is 0.438. The van der Waals surface area contributed by atoms with E-state index in [1.54, 1.807) is 13.0 Å². The molecule has 80 valence electrons. The van der Waals surface area contributed by atoms with Gasteiger partial charge in [-0.05, 0) is 13.3 Å². The van der Waals surface area contributed by atoms with Crippen LogP contribution in [0.5, 0.6) is 0 Å². The first-order chi connectivity index (χ1) is 6.58. The van der Waals surface area contributed by atoms with Crippen molar-refractivity contribution in [3.63, 3.8) is 0 Å². The summed E-state index contributed by atoms with van der Waals surface area (Å²) >= 11 is 0. The van der Waals surface area contributed by atoms with E-state index in [1.807, 2.05) is 0 Å². The zero-order chi connectivity index (χ0) is 10.6. The maximum atomic E-state index is 11.1. The molecule has 0 saturated carbocycles. The van der Waals surface area contributed by atoms with E-state index in [0.717, 1.165) is 0 Å². The number of hydrogen-bond acceptors (Lipinski definition) is 4. The van der Waals surface area contributed by atoms with E-state index in [0.29, 0.717) is 12.8 Å². The zero-order valence-electron chi connectivity index (χ0n) is 8.22. The van der Waals surface area contributed by atoms with Crippen LogP contribution in [-0.2, 0) is 9.53 Å². The third-order valence-corrected chi connectivity index (χ3v) is 2.11. The van der Waals surface area contributed by atoms with Gasteiger partial charge in [0, 0.05) is 12.8 Å². The predicted octanol–water partition coefficient (Wildman–Crippen LogP) is 0.380. The molecule has 3 unspecified atom stereocenters. The average molecular weight is 200 g/mol. The van der Waals surface area contributed by atoms with E-state index in [1.165, 1.54) is 6.08 Å². The van der Waals surface area contributed by atoms with Crippen LogP contribution in [0.3, 0.4) is 0 Å². The normalized spacial score (nSPS) is 35.1. The molecule has 0 spiro atoms. The highest BCUT2D eigenvalue weighted by atomic mass is 16.5. The standard InChI is InChI=1S/C10H16O4/c1-7-6-9(12)3-2-8(11)4-5-10(13)14-7/h2-3,7-9,11-12H,4-6H2,1H3. The summed E-state index contributed by atoms with van der Waals surface area (Å²) in [6.45, 7) is 1.74. The number of carbonyl (C=O) groups is 1. The lowest BCUT2D eigenvalue weighted by atomic mass is 10.1. The molecule has 0 aromatic carbocycles. The van der Waals surface area contributed by atoms with Crippen LogP contribution in [0.15, 0.2) is 12.2 Å². The second kappa shape index (κ2) is 5.12. The number of hydrogen-bond donors (Lipinski definition) is 2. The molecule has 0 aromatic heterocycles. The fraction of sp³-hybridized carbons (Fsp3) is 0.700. The second-order valence-corrected chi connectivity index (χ2v) is 3.59. The van der Waals surface area contributed by atoms with Crippen molar-refractivity contribution in [1.82, 2.24) is 0 Å². The van der Waals surface area contributed by atoms with Crippen LogP contribution in [0.1, 0.15) is 26.2 Å². The molecule has 0 radical (unpaired) electrons. The van der Waals surface area contributed by atoms with Crippen molar-refractivity contribution >= 4 is 5.97 Å². The highest BCUT2D eigenvalue weighted by Gasteiger charge is 2.16. The first-order valence-corrected chi connectivity index (χ1v) is 4.82. The minimum absolute atomic E-state index is 0.214. The van der Waals surface area contributed by atoms with Gasteiger partial charge in [0.05, 0.1) is 12.2 Å². The molecule has 1 rings (SSSR count). The Morgan fingerprint density at radius 1 is 1.36 bits per heavy atom. The number of ether oxygens (including phenoxy) is 1. The number of carbonyl (C=O) groups excluding carboxylic acids is 1. The number of aliphatic hydroxyl groups excluding tert-OH is 2. The van der Waals surface area contributed by atoms with Gasteiger partial charge in [0.1, 0.15) is 6.10 Å². The molecule has 2 N–H and O–H groups in total. The molecule has 0 aromatic rings. The smallest absolute Gasteiger partial charge is 0.306 e.